The van der Waals surface area contributed by atoms with Crippen molar-refractivity contribution in [3.8, 4) is 0 Å². The van der Waals surface area contributed by atoms with Gasteiger partial charge in [-0.25, -0.2) is 0 Å². The van der Waals surface area contributed by atoms with Crippen molar-refractivity contribution in [2.75, 3.05) is 13.7 Å². The van der Waals surface area contributed by atoms with E-state index in [1.807, 2.05) is 0 Å². The fraction of sp³-hybridized carbons (Fsp3) is 0.909. The number of hydrogen-bond acceptors (Lipinski definition) is 3. The molecule has 0 aliphatic heterocycles. The summed E-state index contributed by atoms with van der Waals surface area (Å²) in [5, 5.41) is 3.01. The van der Waals surface area contributed by atoms with E-state index in [4.69, 9.17) is 10.5 Å². The van der Waals surface area contributed by atoms with E-state index >= 15 is 0 Å². The molecule has 88 valence electrons. The highest BCUT2D eigenvalue weighted by Gasteiger charge is 2.25. The fourth-order valence-electron chi connectivity index (χ4n) is 1.84. The van der Waals surface area contributed by atoms with E-state index in [1.54, 1.807) is 7.11 Å². The summed E-state index contributed by atoms with van der Waals surface area (Å²) in [5.41, 5.74) is 5.45. The molecular weight excluding hydrogens is 192 g/mol. The summed E-state index contributed by atoms with van der Waals surface area (Å²) in [4.78, 5) is 11.6. The number of carbonyl (C=O) groups excluding carboxylic acids is 1. The van der Waals surface area contributed by atoms with Crippen LogP contribution in [0.2, 0.25) is 0 Å². The summed E-state index contributed by atoms with van der Waals surface area (Å²) in [5.74, 6) is 0.722. The second-order valence-corrected chi connectivity index (χ2v) is 4.34. The van der Waals surface area contributed by atoms with Crippen LogP contribution in [0.4, 0.5) is 0 Å². The molecule has 4 heteroatoms. The number of rotatable bonds is 6. The van der Waals surface area contributed by atoms with Gasteiger partial charge in [0.1, 0.15) is 0 Å². The number of carbonyl (C=O) groups is 1. The van der Waals surface area contributed by atoms with E-state index in [2.05, 4.69) is 12.2 Å². The Morgan fingerprint density at radius 2 is 2.27 bits per heavy atom. The molecule has 0 spiro atoms. The zero-order valence-corrected chi connectivity index (χ0v) is 9.66. The number of ether oxygens (including phenoxy) is 1. The maximum atomic E-state index is 11.6. The molecule has 2 atom stereocenters. The Balaban J connectivity index is 2.21. The van der Waals surface area contributed by atoms with Gasteiger partial charge in [0.2, 0.25) is 5.91 Å². The average Bonchev–Trinajstić information content (AvgIpc) is 2.11. The lowest BCUT2D eigenvalue weighted by atomic mass is 9.80. The molecule has 1 saturated carbocycles. The maximum absolute atomic E-state index is 11.6. The molecule has 1 amide bonds. The van der Waals surface area contributed by atoms with Gasteiger partial charge in [0.15, 0.2) is 0 Å². The number of amides is 1. The highest BCUT2D eigenvalue weighted by molar-refractivity contribution is 5.76. The molecule has 0 aromatic rings. The number of hydrogen-bond donors (Lipinski definition) is 2. The van der Waals surface area contributed by atoms with Gasteiger partial charge in [-0.1, -0.05) is 6.42 Å². The molecule has 0 radical (unpaired) electrons. The molecule has 2 unspecified atom stereocenters. The minimum atomic E-state index is -0.154. The van der Waals surface area contributed by atoms with Gasteiger partial charge in [-0.2, -0.15) is 0 Å². The van der Waals surface area contributed by atoms with Crippen LogP contribution < -0.4 is 11.1 Å². The molecule has 3 N–H and O–H groups in total. The van der Waals surface area contributed by atoms with Crippen LogP contribution >= 0.6 is 0 Å². The van der Waals surface area contributed by atoms with Gasteiger partial charge in [0.25, 0.3) is 0 Å². The predicted octanol–water partition coefficient (Wildman–Crippen LogP) is 0.655. The van der Waals surface area contributed by atoms with Crippen molar-refractivity contribution in [1.82, 2.24) is 5.32 Å². The Bertz CT molecular complexity index is 201. The van der Waals surface area contributed by atoms with Gasteiger partial charge in [-0.3, -0.25) is 4.79 Å². The van der Waals surface area contributed by atoms with Crippen LogP contribution in [0.25, 0.3) is 0 Å². The molecule has 0 aromatic heterocycles. The Labute approximate surface area is 91.5 Å². The Kier molecular flexibility index (Phi) is 5.05. The van der Waals surface area contributed by atoms with E-state index in [0.29, 0.717) is 24.9 Å². The SMILES string of the molecule is COC(CN)CC(=O)NC(C)C1CCC1. The van der Waals surface area contributed by atoms with Gasteiger partial charge in [-0.05, 0) is 25.7 Å². The van der Waals surface area contributed by atoms with Crippen molar-refractivity contribution in [2.24, 2.45) is 11.7 Å². The third-order valence-corrected chi connectivity index (χ3v) is 3.25. The standard InChI is InChI=1S/C11H22N2O2/c1-8(9-4-3-5-9)13-11(14)6-10(7-12)15-2/h8-10H,3-7,12H2,1-2H3,(H,13,14). The minimum Gasteiger partial charge on any atom is -0.380 e. The maximum Gasteiger partial charge on any atom is 0.222 e. The van der Waals surface area contributed by atoms with Gasteiger partial charge in [0, 0.05) is 19.7 Å². The summed E-state index contributed by atoms with van der Waals surface area (Å²) in [6.07, 6.45) is 4.00. The van der Waals surface area contributed by atoms with Crippen LogP contribution in [-0.4, -0.2) is 31.7 Å². The quantitative estimate of drug-likeness (QED) is 0.682. The van der Waals surface area contributed by atoms with Crippen LogP contribution in [0, 0.1) is 5.92 Å². The number of nitrogens with two attached hydrogens (primary N) is 1. The summed E-state index contributed by atoms with van der Waals surface area (Å²) in [6, 6.07) is 0.293. The molecule has 0 heterocycles. The van der Waals surface area contributed by atoms with Gasteiger partial charge in [-0.15, -0.1) is 0 Å². The monoisotopic (exact) mass is 214 g/mol. The van der Waals surface area contributed by atoms with Crippen molar-refractivity contribution < 1.29 is 9.53 Å². The minimum absolute atomic E-state index is 0.0479. The predicted molar refractivity (Wildman–Crippen MR) is 59.4 cm³/mol. The average molecular weight is 214 g/mol. The van der Waals surface area contributed by atoms with Crippen molar-refractivity contribution in [2.45, 2.75) is 44.8 Å². The number of methoxy groups -OCH3 is 1. The van der Waals surface area contributed by atoms with Gasteiger partial charge < -0.3 is 15.8 Å². The second-order valence-electron chi connectivity index (χ2n) is 4.34. The smallest absolute Gasteiger partial charge is 0.222 e. The van der Waals surface area contributed by atoms with Crippen LogP contribution in [0.1, 0.15) is 32.6 Å². The largest absolute Gasteiger partial charge is 0.380 e. The van der Waals surface area contributed by atoms with E-state index in [1.165, 1.54) is 19.3 Å². The summed E-state index contributed by atoms with van der Waals surface area (Å²) < 4.78 is 5.07. The first-order valence-electron chi connectivity index (χ1n) is 5.69. The van der Waals surface area contributed by atoms with Gasteiger partial charge >= 0.3 is 0 Å². The lowest BCUT2D eigenvalue weighted by molar-refractivity contribution is -0.124. The van der Waals surface area contributed by atoms with Crippen LogP contribution in [-0.2, 0) is 9.53 Å². The first-order valence-corrected chi connectivity index (χ1v) is 5.69. The summed E-state index contributed by atoms with van der Waals surface area (Å²) >= 11 is 0. The third kappa shape index (κ3) is 3.80. The highest BCUT2D eigenvalue weighted by atomic mass is 16.5. The lowest BCUT2D eigenvalue weighted by Crippen LogP contribution is -2.42. The van der Waals surface area contributed by atoms with E-state index in [-0.39, 0.29) is 12.0 Å². The van der Waals surface area contributed by atoms with E-state index in [9.17, 15) is 4.79 Å². The first-order chi connectivity index (χ1) is 7.17. The van der Waals surface area contributed by atoms with Crippen molar-refractivity contribution in [3.05, 3.63) is 0 Å². The first kappa shape index (κ1) is 12.5. The third-order valence-electron chi connectivity index (χ3n) is 3.25. The van der Waals surface area contributed by atoms with E-state index < -0.39 is 0 Å². The molecule has 0 saturated heterocycles. The molecule has 1 aliphatic rings. The van der Waals surface area contributed by atoms with Crippen molar-refractivity contribution in [1.29, 1.82) is 0 Å². The molecule has 0 bridgehead atoms. The molecule has 0 aromatic carbocycles. The fourth-order valence-corrected chi connectivity index (χ4v) is 1.84. The zero-order chi connectivity index (χ0) is 11.3. The van der Waals surface area contributed by atoms with Crippen LogP contribution in [0.5, 0.6) is 0 Å². The second kappa shape index (κ2) is 6.08. The summed E-state index contributed by atoms with van der Waals surface area (Å²) in [6.45, 7) is 2.47. The van der Waals surface area contributed by atoms with Crippen molar-refractivity contribution >= 4 is 5.91 Å². The summed E-state index contributed by atoms with van der Waals surface area (Å²) in [7, 11) is 1.58. The Morgan fingerprint density at radius 1 is 1.60 bits per heavy atom. The lowest BCUT2D eigenvalue weighted by Gasteiger charge is -2.32. The van der Waals surface area contributed by atoms with Crippen LogP contribution in [0.3, 0.4) is 0 Å². The van der Waals surface area contributed by atoms with Crippen molar-refractivity contribution in [3.63, 3.8) is 0 Å². The molecule has 1 aliphatic carbocycles. The topological polar surface area (TPSA) is 64.3 Å². The Morgan fingerprint density at radius 3 is 2.67 bits per heavy atom. The molecular formula is C11H22N2O2. The zero-order valence-electron chi connectivity index (χ0n) is 9.66. The number of nitrogens with one attached hydrogen (secondary N) is 1. The molecule has 4 nitrogen and oxygen atoms in total. The molecule has 1 fully saturated rings. The molecule has 15 heavy (non-hydrogen) atoms. The van der Waals surface area contributed by atoms with E-state index in [0.717, 1.165) is 0 Å². The van der Waals surface area contributed by atoms with Crippen LogP contribution in [0.15, 0.2) is 0 Å². The van der Waals surface area contributed by atoms with Gasteiger partial charge in [0.05, 0.1) is 12.5 Å². The highest BCUT2D eigenvalue weighted by Crippen LogP contribution is 2.29. The Hall–Kier alpha value is -0.610. The molecule has 1 rings (SSSR count). The normalized spacial score (nSPS) is 20.5.